The third-order valence-electron chi connectivity index (χ3n) is 4.56. The van der Waals surface area contributed by atoms with Crippen LogP contribution in [0.3, 0.4) is 0 Å². The number of carbonyl (C=O) groups excluding carboxylic acids is 4. The summed E-state index contributed by atoms with van der Waals surface area (Å²) in [7, 11) is -3.77. The molecule has 1 rings (SSSR count). The number of carbonyl (C=O) groups is 4. The minimum Gasteiger partial charge on any atom is -0.451 e. The molecular weight excluding hydrogens is 440 g/mol. The summed E-state index contributed by atoms with van der Waals surface area (Å²) < 4.78 is 31.7. The van der Waals surface area contributed by atoms with Gasteiger partial charge >= 0.3 is 12.0 Å². The van der Waals surface area contributed by atoms with Gasteiger partial charge in [-0.15, -0.1) is 0 Å². The second-order valence-corrected chi connectivity index (χ2v) is 9.18. The summed E-state index contributed by atoms with van der Waals surface area (Å²) in [5.74, 6) is -2.91. The summed E-state index contributed by atoms with van der Waals surface area (Å²) in [6.45, 7) is 8.53. The van der Waals surface area contributed by atoms with Crippen LogP contribution in [0.15, 0.2) is 29.2 Å². The first kappa shape index (κ1) is 27.0. The topological polar surface area (TPSA) is 165 Å². The first-order valence-electron chi connectivity index (χ1n) is 10.1. The zero-order valence-electron chi connectivity index (χ0n) is 18.7. The van der Waals surface area contributed by atoms with Crippen molar-refractivity contribution < 1.29 is 32.3 Å². The Kier molecular flexibility index (Phi) is 9.79. The lowest BCUT2D eigenvalue weighted by Gasteiger charge is -2.23. The summed E-state index contributed by atoms with van der Waals surface area (Å²) in [6, 6.07) is 3.25. The van der Waals surface area contributed by atoms with Gasteiger partial charge in [0.15, 0.2) is 6.10 Å². The van der Waals surface area contributed by atoms with Crippen LogP contribution in [-0.4, -0.2) is 61.8 Å². The number of imide groups is 1. The number of rotatable bonds is 10. The highest BCUT2D eigenvalue weighted by molar-refractivity contribution is 7.89. The Morgan fingerprint density at radius 3 is 2.19 bits per heavy atom. The maximum Gasteiger partial charge on any atom is 0.329 e. The molecule has 1 aromatic rings. The number of hydrogen-bond acceptors (Lipinski definition) is 7. The third kappa shape index (κ3) is 7.02. The van der Waals surface area contributed by atoms with Crippen molar-refractivity contribution in [2.75, 3.05) is 13.1 Å². The van der Waals surface area contributed by atoms with Crippen LogP contribution in [0.2, 0.25) is 0 Å². The van der Waals surface area contributed by atoms with Gasteiger partial charge in [0.1, 0.15) is 6.04 Å². The number of sulfonamides is 1. The second-order valence-electron chi connectivity index (χ2n) is 7.24. The van der Waals surface area contributed by atoms with Crippen LogP contribution in [0.1, 0.15) is 45.0 Å². The molecule has 0 fully saturated rings. The number of nitrogens with two attached hydrogens (primary N) is 1. The summed E-state index contributed by atoms with van der Waals surface area (Å²) in [6.07, 6.45) is -1.32. The van der Waals surface area contributed by atoms with Crippen molar-refractivity contribution in [3.05, 3.63) is 29.8 Å². The lowest BCUT2D eigenvalue weighted by Crippen LogP contribution is -2.48. The predicted octanol–water partition coefficient (Wildman–Crippen LogP) is 0.598. The number of hydrogen-bond donors (Lipinski definition) is 3. The molecule has 11 nitrogen and oxygen atoms in total. The van der Waals surface area contributed by atoms with Crippen LogP contribution in [0.5, 0.6) is 0 Å². The van der Waals surface area contributed by atoms with E-state index >= 15 is 0 Å². The van der Waals surface area contributed by atoms with E-state index in [1.54, 1.807) is 33.0 Å². The minimum atomic E-state index is -3.77. The molecule has 178 valence electrons. The maximum atomic E-state index is 12.7. The first-order chi connectivity index (χ1) is 14.8. The van der Waals surface area contributed by atoms with Gasteiger partial charge in [0.2, 0.25) is 10.0 Å². The Labute approximate surface area is 187 Å². The zero-order chi connectivity index (χ0) is 24.6. The normalized spacial score (nSPS) is 13.3. The van der Waals surface area contributed by atoms with Gasteiger partial charge in [-0.1, -0.05) is 33.8 Å². The van der Waals surface area contributed by atoms with E-state index in [-0.39, 0.29) is 23.5 Å². The third-order valence-corrected chi connectivity index (χ3v) is 6.60. The molecule has 12 heteroatoms. The molecule has 0 spiro atoms. The molecule has 4 N–H and O–H groups in total. The van der Waals surface area contributed by atoms with Crippen molar-refractivity contribution >= 4 is 33.8 Å². The van der Waals surface area contributed by atoms with E-state index in [0.717, 1.165) is 0 Å². The summed E-state index contributed by atoms with van der Waals surface area (Å²) in [4.78, 5) is 47.7. The van der Waals surface area contributed by atoms with E-state index in [0.29, 0.717) is 0 Å². The van der Waals surface area contributed by atoms with Gasteiger partial charge in [-0.05, 0) is 31.0 Å². The van der Waals surface area contributed by atoms with E-state index < -0.39 is 51.9 Å². The summed E-state index contributed by atoms with van der Waals surface area (Å²) >= 11 is 0. The number of primary amides is 1. The number of amides is 4. The van der Waals surface area contributed by atoms with Crippen LogP contribution in [0.25, 0.3) is 0 Å². The van der Waals surface area contributed by atoms with Crippen LogP contribution in [0.4, 0.5) is 4.79 Å². The molecule has 0 radical (unpaired) electrons. The molecule has 0 aliphatic heterocycles. The molecule has 0 aliphatic carbocycles. The fourth-order valence-corrected chi connectivity index (χ4v) is 4.26. The van der Waals surface area contributed by atoms with Gasteiger partial charge in [-0.3, -0.25) is 14.9 Å². The molecule has 0 saturated carbocycles. The first-order valence-corrected chi connectivity index (χ1v) is 11.5. The predicted molar refractivity (Wildman–Crippen MR) is 116 cm³/mol. The van der Waals surface area contributed by atoms with Gasteiger partial charge in [-0.25, -0.2) is 18.0 Å². The van der Waals surface area contributed by atoms with E-state index in [9.17, 15) is 27.6 Å². The number of nitrogens with one attached hydrogen (secondary N) is 2. The molecule has 2 atom stereocenters. The molecule has 0 heterocycles. The Balaban J connectivity index is 3.04. The number of ether oxygens (including phenoxy) is 1. The molecule has 0 saturated heterocycles. The largest absolute Gasteiger partial charge is 0.451 e. The van der Waals surface area contributed by atoms with Crippen LogP contribution in [-0.2, 0) is 24.3 Å². The number of benzene rings is 1. The highest BCUT2D eigenvalue weighted by atomic mass is 32.2. The highest BCUT2D eigenvalue weighted by Gasteiger charge is 2.30. The second kappa shape index (κ2) is 11.6. The smallest absolute Gasteiger partial charge is 0.329 e. The van der Waals surface area contributed by atoms with E-state index in [2.05, 4.69) is 5.32 Å². The highest BCUT2D eigenvalue weighted by Crippen LogP contribution is 2.17. The molecule has 0 aliphatic rings. The van der Waals surface area contributed by atoms with Gasteiger partial charge in [0.05, 0.1) is 4.90 Å². The molecule has 4 amide bonds. The molecular formula is C20H30N4O7S. The molecule has 0 bridgehead atoms. The van der Waals surface area contributed by atoms with Crippen LogP contribution < -0.4 is 16.4 Å². The molecule has 32 heavy (non-hydrogen) atoms. The van der Waals surface area contributed by atoms with Crippen molar-refractivity contribution in [3.63, 3.8) is 0 Å². The fraction of sp³-hybridized carbons (Fsp3) is 0.500. The van der Waals surface area contributed by atoms with Gasteiger partial charge < -0.3 is 15.8 Å². The molecule has 1 aromatic carbocycles. The van der Waals surface area contributed by atoms with Gasteiger partial charge in [-0.2, -0.15) is 4.31 Å². The SMILES string of the molecule is CCN(CC)S(=O)(=O)c1cccc(C(=O)N[C@H](C(=O)OC(C)C(=O)NC(N)=O)C(C)C)c1. The van der Waals surface area contributed by atoms with Crippen molar-refractivity contribution in [1.29, 1.82) is 0 Å². The number of esters is 1. The van der Waals surface area contributed by atoms with Crippen molar-refractivity contribution in [3.8, 4) is 0 Å². The monoisotopic (exact) mass is 470 g/mol. The Hall–Kier alpha value is -2.99. The molecule has 1 unspecified atom stereocenters. The van der Waals surface area contributed by atoms with Gasteiger partial charge in [0, 0.05) is 18.7 Å². The lowest BCUT2D eigenvalue weighted by molar-refractivity contribution is -0.157. The lowest BCUT2D eigenvalue weighted by atomic mass is 10.0. The van der Waals surface area contributed by atoms with Gasteiger partial charge in [0.25, 0.3) is 11.8 Å². The van der Waals surface area contributed by atoms with Crippen molar-refractivity contribution in [2.45, 2.75) is 51.7 Å². The molecule has 0 aromatic heterocycles. The number of urea groups is 1. The van der Waals surface area contributed by atoms with Crippen LogP contribution >= 0.6 is 0 Å². The average Bonchev–Trinajstić information content (AvgIpc) is 2.71. The van der Waals surface area contributed by atoms with E-state index in [1.165, 1.54) is 35.5 Å². The van der Waals surface area contributed by atoms with Crippen LogP contribution in [0, 0.1) is 5.92 Å². The van der Waals surface area contributed by atoms with Crippen molar-refractivity contribution in [1.82, 2.24) is 14.9 Å². The Morgan fingerprint density at radius 1 is 1.09 bits per heavy atom. The average molecular weight is 471 g/mol. The zero-order valence-corrected chi connectivity index (χ0v) is 19.6. The minimum absolute atomic E-state index is 0.0381. The summed E-state index contributed by atoms with van der Waals surface area (Å²) in [5, 5.41) is 4.30. The van der Waals surface area contributed by atoms with Crippen molar-refractivity contribution in [2.24, 2.45) is 11.7 Å². The number of nitrogens with zero attached hydrogens (tertiary/aromatic N) is 1. The standard InChI is InChI=1S/C20H30N4O7S/c1-6-24(7-2)32(29,30)15-10-8-9-14(11-15)18(26)22-16(12(3)4)19(27)31-13(5)17(25)23-20(21)28/h8-13,16H,6-7H2,1-5H3,(H,22,26)(H3,21,23,25,28)/t13?,16-/m0/s1. The Bertz CT molecular complexity index is 958. The fourth-order valence-electron chi connectivity index (χ4n) is 2.76. The van der Waals surface area contributed by atoms with E-state index in [4.69, 9.17) is 10.5 Å². The Morgan fingerprint density at radius 2 is 1.69 bits per heavy atom. The quantitative estimate of drug-likeness (QED) is 0.421. The summed E-state index contributed by atoms with van der Waals surface area (Å²) in [5.41, 5.74) is 4.90. The van der Waals surface area contributed by atoms with E-state index in [1.807, 2.05) is 0 Å². The maximum absolute atomic E-state index is 12.7.